The summed E-state index contributed by atoms with van der Waals surface area (Å²) in [6.45, 7) is 1.32. The standard InChI is InChI=1S/C20H24F3N3O3/c21-20(22,23)15-13-14(6-7-16(15)25-10-2-1-3-11-25)24-17(27)5-4-12-26-18(28)8-9-19(26)29/h6-7,13H,1-5,8-12H2,(H,24,27). The largest absolute Gasteiger partial charge is 0.418 e. The molecule has 0 aromatic heterocycles. The Hall–Kier alpha value is -2.58. The molecule has 6 nitrogen and oxygen atoms in total. The zero-order valence-corrected chi connectivity index (χ0v) is 16.1. The summed E-state index contributed by atoms with van der Waals surface area (Å²) in [6, 6.07) is 3.85. The predicted octanol–water partition coefficient (Wildman–Crippen LogP) is 3.56. The molecule has 0 unspecified atom stereocenters. The third-order valence-corrected chi connectivity index (χ3v) is 5.22. The van der Waals surface area contributed by atoms with E-state index in [2.05, 4.69) is 5.32 Å². The first-order chi connectivity index (χ1) is 13.8. The van der Waals surface area contributed by atoms with Gasteiger partial charge in [-0.1, -0.05) is 0 Å². The Labute approximate surface area is 167 Å². The van der Waals surface area contributed by atoms with Crippen LogP contribution in [0.25, 0.3) is 0 Å². The lowest BCUT2D eigenvalue weighted by molar-refractivity contribution is -0.139. The zero-order valence-electron chi connectivity index (χ0n) is 16.1. The van der Waals surface area contributed by atoms with Crippen LogP contribution in [-0.4, -0.2) is 42.3 Å². The zero-order chi connectivity index (χ0) is 21.0. The topological polar surface area (TPSA) is 69.7 Å². The molecule has 1 aromatic carbocycles. The first-order valence-electron chi connectivity index (χ1n) is 9.85. The van der Waals surface area contributed by atoms with Gasteiger partial charge in [-0.3, -0.25) is 19.3 Å². The number of halogens is 3. The quantitative estimate of drug-likeness (QED) is 0.727. The van der Waals surface area contributed by atoms with Gasteiger partial charge in [0.2, 0.25) is 17.7 Å². The smallest absolute Gasteiger partial charge is 0.371 e. The van der Waals surface area contributed by atoms with Gasteiger partial charge in [0, 0.05) is 50.3 Å². The van der Waals surface area contributed by atoms with Gasteiger partial charge >= 0.3 is 6.18 Å². The Balaban J connectivity index is 1.62. The molecule has 1 aromatic rings. The minimum absolute atomic E-state index is 0.00624. The summed E-state index contributed by atoms with van der Waals surface area (Å²) >= 11 is 0. The van der Waals surface area contributed by atoms with Gasteiger partial charge in [0.15, 0.2) is 0 Å². The van der Waals surface area contributed by atoms with Crippen molar-refractivity contribution in [2.45, 2.75) is 51.1 Å². The van der Waals surface area contributed by atoms with Crippen molar-refractivity contribution in [1.29, 1.82) is 0 Å². The van der Waals surface area contributed by atoms with E-state index in [9.17, 15) is 27.6 Å². The summed E-state index contributed by atoms with van der Waals surface area (Å²) in [5.41, 5.74) is -0.539. The fourth-order valence-electron chi connectivity index (χ4n) is 3.74. The molecule has 158 valence electrons. The molecule has 3 amide bonds. The van der Waals surface area contributed by atoms with Gasteiger partial charge < -0.3 is 10.2 Å². The highest BCUT2D eigenvalue weighted by Gasteiger charge is 2.35. The number of benzene rings is 1. The highest BCUT2D eigenvalue weighted by Crippen LogP contribution is 2.39. The van der Waals surface area contributed by atoms with Crippen LogP contribution in [-0.2, 0) is 20.6 Å². The van der Waals surface area contributed by atoms with Crippen molar-refractivity contribution in [2.24, 2.45) is 0 Å². The molecule has 0 aliphatic carbocycles. The molecule has 9 heteroatoms. The van der Waals surface area contributed by atoms with Crippen LogP contribution in [0.5, 0.6) is 0 Å². The molecule has 2 aliphatic rings. The molecule has 0 saturated carbocycles. The van der Waals surface area contributed by atoms with E-state index in [4.69, 9.17) is 0 Å². The van der Waals surface area contributed by atoms with Crippen molar-refractivity contribution in [3.63, 3.8) is 0 Å². The number of likely N-dealkylation sites (tertiary alicyclic amines) is 1. The summed E-state index contributed by atoms with van der Waals surface area (Å²) in [5.74, 6) is -0.958. The average molecular weight is 411 g/mol. The molecule has 0 bridgehead atoms. The van der Waals surface area contributed by atoms with Gasteiger partial charge in [-0.15, -0.1) is 0 Å². The monoisotopic (exact) mass is 411 g/mol. The maximum absolute atomic E-state index is 13.6. The van der Waals surface area contributed by atoms with Crippen LogP contribution >= 0.6 is 0 Å². The van der Waals surface area contributed by atoms with Crippen molar-refractivity contribution in [3.8, 4) is 0 Å². The fourth-order valence-corrected chi connectivity index (χ4v) is 3.74. The van der Waals surface area contributed by atoms with Gasteiger partial charge in [0.05, 0.1) is 5.56 Å². The number of nitrogens with zero attached hydrogens (tertiary/aromatic N) is 2. The minimum atomic E-state index is -4.52. The van der Waals surface area contributed by atoms with Crippen LogP contribution in [0.2, 0.25) is 0 Å². The van der Waals surface area contributed by atoms with Crippen molar-refractivity contribution in [3.05, 3.63) is 23.8 Å². The van der Waals surface area contributed by atoms with E-state index in [-0.39, 0.29) is 55.4 Å². The predicted molar refractivity (Wildman–Crippen MR) is 101 cm³/mol. The van der Waals surface area contributed by atoms with Crippen LogP contribution in [0.4, 0.5) is 24.5 Å². The fraction of sp³-hybridized carbons (Fsp3) is 0.550. The minimum Gasteiger partial charge on any atom is -0.371 e. The van der Waals surface area contributed by atoms with E-state index in [1.807, 2.05) is 0 Å². The third-order valence-electron chi connectivity index (χ3n) is 5.22. The number of nitrogens with one attached hydrogen (secondary N) is 1. The number of rotatable bonds is 6. The Kier molecular flexibility index (Phi) is 6.44. The van der Waals surface area contributed by atoms with Crippen LogP contribution in [0.15, 0.2) is 18.2 Å². The number of imide groups is 1. The molecule has 2 aliphatic heterocycles. The first-order valence-corrected chi connectivity index (χ1v) is 9.85. The number of amides is 3. The Bertz CT molecular complexity index is 773. The molecule has 2 saturated heterocycles. The second-order valence-electron chi connectivity index (χ2n) is 7.37. The number of hydrogen-bond donors (Lipinski definition) is 1. The molecule has 2 fully saturated rings. The summed E-state index contributed by atoms with van der Waals surface area (Å²) in [5, 5.41) is 2.49. The van der Waals surface area contributed by atoms with Crippen molar-refractivity contribution < 1.29 is 27.6 Å². The van der Waals surface area contributed by atoms with Gasteiger partial charge in [0.25, 0.3) is 0 Å². The van der Waals surface area contributed by atoms with E-state index in [0.717, 1.165) is 30.2 Å². The molecule has 0 spiro atoms. The summed E-state index contributed by atoms with van der Waals surface area (Å²) in [7, 11) is 0. The lowest BCUT2D eigenvalue weighted by Crippen LogP contribution is -2.31. The van der Waals surface area contributed by atoms with Crippen LogP contribution in [0.3, 0.4) is 0 Å². The highest BCUT2D eigenvalue weighted by atomic mass is 19.4. The maximum atomic E-state index is 13.6. The lowest BCUT2D eigenvalue weighted by atomic mass is 10.1. The molecule has 0 radical (unpaired) electrons. The van der Waals surface area contributed by atoms with E-state index in [0.29, 0.717) is 13.1 Å². The molecule has 2 heterocycles. The molecule has 3 rings (SSSR count). The van der Waals surface area contributed by atoms with Gasteiger partial charge in [-0.2, -0.15) is 13.2 Å². The number of anilines is 2. The summed E-state index contributed by atoms with van der Waals surface area (Å²) in [4.78, 5) is 38.0. The van der Waals surface area contributed by atoms with Crippen molar-refractivity contribution in [1.82, 2.24) is 4.90 Å². The lowest BCUT2D eigenvalue weighted by Gasteiger charge is -2.31. The molecular weight excluding hydrogens is 387 g/mol. The van der Waals surface area contributed by atoms with Crippen LogP contribution in [0.1, 0.15) is 50.5 Å². The van der Waals surface area contributed by atoms with E-state index in [1.54, 1.807) is 4.90 Å². The van der Waals surface area contributed by atoms with Crippen molar-refractivity contribution >= 4 is 29.1 Å². The number of carbonyl (C=O) groups excluding carboxylic acids is 3. The van der Waals surface area contributed by atoms with Crippen LogP contribution in [0, 0.1) is 0 Å². The maximum Gasteiger partial charge on any atom is 0.418 e. The number of alkyl halides is 3. The molecular formula is C20H24F3N3O3. The third kappa shape index (κ3) is 5.27. The Morgan fingerprint density at radius 2 is 1.69 bits per heavy atom. The Morgan fingerprint density at radius 1 is 1.03 bits per heavy atom. The average Bonchev–Trinajstić information content (AvgIpc) is 3.00. The normalized spacial score (nSPS) is 17.8. The Morgan fingerprint density at radius 3 is 2.31 bits per heavy atom. The van der Waals surface area contributed by atoms with E-state index < -0.39 is 17.6 Å². The number of hydrogen-bond acceptors (Lipinski definition) is 4. The van der Waals surface area contributed by atoms with Crippen molar-refractivity contribution in [2.75, 3.05) is 29.9 Å². The molecule has 0 atom stereocenters. The SMILES string of the molecule is O=C(CCCN1C(=O)CCC1=O)Nc1ccc(N2CCCCC2)c(C(F)(F)F)c1. The van der Waals surface area contributed by atoms with Gasteiger partial charge in [0.1, 0.15) is 0 Å². The number of piperidine rings is 1. The van der Waals surface area contributed by atoms with E-state index >= 15 is 0 Å². The summed E-state index contributed by atoms with van der Waals surface area (Å²) < 4.78 is 40.7. The molecule has 29 heavy (non-hydrogen) atoms. The van der Waals surface area contributed by atoms with Gasteiger partial charge in [-0.25, -0.2) is 0 Å². The molecule has 1 N–H and O–H groups in total. The second-order valence-corrected chi connectivity index (χ2v) is 7.37. The van der Waals surface area contributed by atoms with E-state index in [1.165, 1.54) is 12.1 Å². The van der Waals surface area contributed by atoms with Gasteiger partial charge in [-0.05, 0) is 43.9 Å². The second kappa shape index (κ2) is 8.84. The first kappa shape index (κ1) is 21.1. The summed E-state index contributed by atoms with van der Waals surface area (Å²) in [6.07, 6.45) is -1.14. The van der Waals surface area contributed by atoms with Crippen LogP contribution < -0.4 is 10.2 Å². The number of carbonyl (C=O) groups is 3. The highest BCUT2D eigenvalue weighted by molar-refractivity contribution is 6.02.